The van der Waals surface area contributed by atoms with E-state index in [9.17, 15) is 0 Å². The smallest absolute Gasteiger partial charge is 0.157 e. The number of ether oxygens (including phenoxy) is 1. The predicted molar refractivity (Wildman–Crippen MR) is 65.5 cm³/mol. The third kappa shape index (κ3) is 1.72. The Kier molecular flexibility index (Phi) is 2.89. The molecule has 15 heavy (non-hydrogen) atoms. The van der Waals surface area contributed by atoms with Crippen LogP contribution in [0.3, 0.4) is 0 Å². The molecule has 82 valence electrons. The molecule has 2 rings (SSSR count). The second-order valence-corrected chi connectivity index (χ2v) is 4.69. The van der Waals surface area contributed by atoms with E-state index < -0.39 is 0 Å². The molecule has 1 aromatic rings. The van der Waals surface area contributed by atoms with Crippen molar-refractivity contribution >= 4 is 21.6 Å². The highest BCUT2D eigenvalue weighted by Gasteiger charge is 2.30. The predicted octanol–water partition coefficient (Wildman–Crippen LogP) is 1.99. The van der Waals surface area contributed by atoms with E-state index in [2.05, 4.69) is 40.9 Å². The molecule has 1 heterocycles. The maximum atomic E-state index is 5.88. The molecule has 0 aromatic heterocycles. The molecule has 0 bridgehead atoms. The zero-order chi connectivity index (χ0) is 11.0. The van der Waals surface area contributed by atoms with Crippen LogP contribution in [0.15, 0.2) is 22.7 Å². The third-order valence-corrected chi connectivity index (χ3v) is 3.60. The first kappa shape index (κ1) is 10.8. The highest BCUT2D eigenvalue weighted by atomic mass is 79.9. The maximum Gasteiger partial charge on any atom is 0.157 e. The highest BCUT2D eigenvalue weighted by Crippen LogP contribution is 2.40. The van der Waals surface area contributed by atoms with Crippen LogP contribution in [0, 0.1) is 0 Å². The van der Waals surface area contributed by atoms with Crippen LogP contribution in [-0.2, 0) is 0 Å². The number of anilines is 1. The minimum Gasteiger partial charge on any atom is -0.484 e. The quantitative estimate of drug-likeness (QED) is 0.849. The number of halogens is 1. The van der Waals surface area contributed by atoms with E-state index in [1.165, 1.54) is 0 Å². The fourth-order valence-electron chi connectivity index (χ4n) is 1.86. The molecule has 2 N–H and O–H groups in total. The second-order valence-electron chi connectivity index (χ2n) is 3.83. The van der Waals surface area contributed by atoms with Gasteiger partial charge in [-0.1, -0.05) is 6.07 Å². The Hall–Kier alpha value is -0.740. The van der Waals surface area contributed by atoms with Gasteiger partial charge in [-0.15, -0.1) is 0 Å². The molecule has 1 aliphatic heterocycles. The first-order valence-corrected chi connectivity index (χ1v) is 5.82. The van der Waals surface area contributed by atoms with E-state index in [4.69, 9.17) is 10.5 Å². The summed E-state index contributed by atoms with van der Waals surface area (Å²) >= 11 is 3.49. The van der Waals surface area contributed by atoms with Crippen LogP contribution in [0.2, 0.25) is 0 Å². The molecular weight excluding hydrogens is 256 g/mol. The van der Waals surface area contributed by atoms with Gasteiger partial charge in [0.05, 0.1) is 16.2 Å². The second kappa shape index (κ2) is 4.02. The first-order valence-electron chi connectivity index (χ1n) is 5.03. The van der Waals surface area contributed by atoms with E-state index in [0.29, 0.717) is 12.6 Å². The summed E-state index contributed by atoms with van der Waals surface area (Å²) in [5.74, 6) is 0.897. The van der Waals surface area contributed by atoms with Gasteiger partial charge >= 0.3 is 0 Å². The van der Waals surface area contributed by atoms with Crippen LogP contribution in [-0.4, -0.2) is 25.7 Å². The lowest BCUT2D eigenvalue weighted by Crippen LogP contribution is -2.49. The van der Waals surface area contributed by atoms with Crippen molar-refractivity contribution in [1.82, 2.24) is 0 Å². The number of para-hydroxylation sites is 1. The van der Waals surface area contributed by atoms with Gasteiger partial charge in [0.25, 0.3) is 0 Å². The van der Waals surface area contributed by atoms with E-state index in [1.807, 2.05) is 12.1 Å². The third-order valence-electron chi connectivity index (χ3n) is 2.98. The lowest BCUT2D eigenvalue weighted by molar-refractivity contribution is 0.167. The number of nitrogens with two attached hydrogens (primary N) is 1. The molecule has 0 amide bonds. The summed E-state index contributed by atoms with van der Waals surface area (Å²) in [4.78, 5) is 2.21. The summed E-state index contributed by atoms with van der Waals surface area (Å²) < 4.78 is 6.86. The van der Waals surface area contributed by atoms with Crippen molar-refractivity contribution in [2.24, 2.45) is 5.73 Å². The molecule has 2 atom stereocenters. The number of fused-ring (bicyclic) bond motifs is 1. The van der Waals surface area contributed by atoms with Gasteiger partial charge in [-0.3, -0.25) is 0 Å². The first-order chi connectivity index (χ1) is 7.15. The van der Waals surface area contributed by atoms with Crippen LogP contribution >= 0.6 is 15.9 Å². The lowest BCUT2D eigenvalue weighted by Gasteiger charge is -2.39. The Balaban J connectivity index is 2.45. The van der Waals surface area contributed by atoms with Crippen molar-refractivity contribution in [3.05, 3.63) is 22.7 Å². The van der Waals surface area contributed by atoms with Gasteiger partial charge in [0.1, 0.15) is 6.10 Å². The molecule has 3 nitrogen and oxygen atoms in total. The Morgan fingerprint density at radius 1 is 1.53 bits per heavy atom. The lowest BCUT2D eigenvalue weighted by atomic mass is 10.1. The fraction of sp³-hybridized carbons (Fsp3) is 0.455. The van der Waals surface area contributed by atoms with Crippen LogP contribution in [0.5, 0.6) is 5.75 Å². The van der Waals surface area contributed by atoms with Crippen LogP contribution < -0.4 is 15.4 Å². The zero-order valence-electron chi connectivity index (χ0n) is 8.90. The fourth-order valence-corrected chi connectivity index (χ4v) is 2.30. The summed E-state index contributed by atoms with van der Waals surface area (Å²) in [6.45, 7) is 2.66. The molecule has 2 unspecified atom stereocenters. The minimum atomic E-state index is 0.0567. The molecule has 0 aliphatic carbocycles. The summed E-state index contributed by atoms with van der Waals surface area (Å²) in [5, 5.41) is 0. The van der Waals surface area contributed by atoms with Crippen LogP contribution in [0.4, 0.5) is 5.69 Å². The van der Waals surface area contributed by atoms with Crippen LogP contribution in [0.25, 0.3) is 0 Å². The summed E-state index contributed by atoms with van der Waals surface area (Å²) in [6.07, 6.45) is 0.0567. The number of likely N-dealkylation sites (N-methyl/N-ethyl adjacent to an activating group) is 1. The molecule has 0 fully saturated rings. The van der Waals surface area contributed by atoms with Gasteiger partial charge < -0.3 is 15.4 Å². The van der Waals surface area contributed by atoms with Gasteiger partial charge in [0.15, 0.2) is 5.75 Å². The van der Waals surface area contributed by atoms with E-state index in [1.54, 1.807) is 0 Å². The van der Waals surface area contributed by atoms with Crippen LogP contribution in [0.1, 0.15) is 6.92 Å². The number of hydrogen-bond acceptors (Lipinski definition) is 3. The average Bonchev–Trinajstić information content (AvgIpc) is 2.24. The number of hydrogen-bond donors (Lipinski definition) is 1. The van der Waals surface area contributed by atoms with Gasteiger partial charge in [-0.25, -0.2) is 0 Å². The standard InChI is InChI=1S/C11H15BrN2O/c1-7-10(6-13)15-11-8(12)4-3-5-9(11)14(7)2/h3-5,7,10H,6,13H2,1-2H3. The molecule has 0 spiro atoms. The van der Waals surface area contributed by atoms with Crippen molar-refractivity contribution in [1.29, 1.82) is 0 Å². The molecule has 4 heteroatoms. The van der Waals surface area contributed by atoms with Gasteiger partial charge in [0.2, 0.25) is 0 Å². The SMILES string of the molecule is CC1C(CN)Oc2c(Br)cccc2N1C. The monoisotopic (exact) mass is 270 g/mol. The Labute approximate surface area is 98.3 Å². The van der Waals surface area contributed by atoms with Crippen molar-refractivity contribution in [3.63, 3.8) is 0 Å². The van der Waals surface area contributed by atoms with Crippen molar-refractivity contribution in [2.75, 3.05) is 18.5 Å². The molecule has 1 aliphatic rings. The molecule has 0 radical (unpaired) electrons. The van der Waals surface area contributed by atoms with Gasteiger partial charge in [0, 0.05) is 13.6 Å². The summed E-state index contributed by atoms with van der Waals surface area (Å²) in [7, 11) is 2.07. The molecule has 1 aromatic carbocycles. The van der Waals surface area contributed by atoms with Crippen molar-refractivity contribution in [3.8, 4) is 5.75 Å². The van der Waals surface area contributed by atoms with E-state index in [-0.39, 0.29) is 6.10 Å². The molecule has 0 saturated heterocycles. The van der Waals surface area contributed by atoms with E-state index >= 15 is 0 Å². The molecular formula is C11H15BrN2O. The average molecular weight is 271 g/mol. The number of rotatable bonds is 1. The topological polar surface area (TPSA) is 38.5 Å². The van der Waals surface area contributed by atoms with Gasteiger partial charge in [-0.2, -0.15) is 0 Å². The number of nitrogens with zero attached hydrogens (tertiary/aromatic N) is 1. The van der Waals surface area contributed by atoms with Crippen molar-refractivity contribution in [2.45, 2.75) is 19.1 Å². The minimum absolute atomic E-state index is 0.0567. The highest BCUT2D eigenvalue weighted by molar-refractivity contribution is 9.10. The van der Waals surface area contributed by atoms with Crippen molar-refractivity contribution < 1.29 is 4.74 Å². The number of benzene rings is 1. The summed E-state index contributed by atoms with van der Waals surface area (Å²) in [5.41, 5.74) is 6.81. The summed E-state index contributed by atoms with van der Waals surface area (Å²) in [6, 6.07) is 6.36. The Morgan fingerprint density at radius 3 is 2.93 bits per heavy atom. The zero-order valence-corrected chi connectivity index (χ0v) is 10.5. The largest absolute Gasteiger partial charge is 0.484 e. The van der Waals surface area contributed by atoms with E-state index in [0.717, 1.165) is 15.9 Å². The van der Waals surface area contributed by atoms with Gasteiger partial charge in [-0.05, 0) is 35.0 Å². The maximum absolute atomic E-state index is 5.88. The normalized spacial score (nSPS) is 24.7. The Morgan fingerprint density at radius 2 is 2.27 bits per heavy atom. The Bertz CT molecular complexity index is 370. The molecule has 0 saturated carbocycles.